The second-order valence-corrected chi connectivity index (χ2v) is 10.1. The highest BCUT2D eigenvalue weighted by molar-refractivity contribution is 6.31. The molecule has 0 saturated carbocycles. The van der Waals surface area contributed by atoms with E-state index in [1.807, 2.05) is 44.3 Å². The summed E-state index contributed by atoms with van der Waals surface area (Å²) in [5, 5.41) is 11.7. The van der Waals surface area contributed by atoms with Gasteiger partial charge in [-0.25, -0.2) is 9.97 Å². The lowest BCUT2D eigenvalue weighted by molar-refractivity contribution is -0.123. The van der Waals surface area contributed by atoms with Gasteiger partial charge in [0.15, 0.2) is 0 Å². The van der Waals surface area contributed by atoms with Crippen LogP contribution in [0.4, 0.5) is 36.4 Å². The average molecular weight is 534 g/mol. The fourth-order valence-electron chi connectivity index (χ4n) is 3.82. The Bertz CT molecular complexity index is 1310. The maximum Gasteiger partial charge on any atom is 0.405 e. The summed E-state index contributed by atoms with van der Waals surface area (Å²) in [6.07, 6.45) is -2.51. The van der Waals surface area contributed by atoms with Gasteiger partial charge in [-0.2, -0.15) is 18.2 Å². The molecule has 196 valence electrons. The molecule has 0 bridgehead atoms. The van der Waals surface area contributed by atoms with Crippen LogP contribution in [0.25, 0.3) is 0 Å². The van der Waals surface area contributed by atoms with Gasteiger partial charge in [0.2, 0.25) is 5.95 Å². The molecule has 3 aromatic rings. The maximum absolute atomic E-state index is 12.7. The molecule has 4 N–H and O–H groups in total. The van der Waals surface area contributed by atoms with Crippen LogP contribution in [0.3, 0.4) is 0 Å². The largest absolute Gasteiger partial charge is 0.405 e. The molecule has 4 rings (SSSR count). The molecule has 0 unspecified atom stereocenters. The van der Waals surface area contributed by atoms with Crippen LogP contribution in [0.2, 0.25) is 5.02 Å². The molecule has 0 atom stereocenters. The van der Waals surface area contributed by atoms with Crippen molar-refractivity contribution >= 4 is 40.8 Å². The van der Waals surface area contributed by atoms with E-state index in [0.29, 0.717) is 16.5 Å². The zero-order valence-electron chi connectivity index (χ0n) is 20.6. The fraction of sp³-hybridized carbons (Fsp3) is 0.360. The van der Waals surface area contributed by atoms with Crippen molar-refractivity contribution in [1.82, 2.24) is 25.6 Å². The van der Waals surface area contributed by atoms with E-state index >= 15 is 0 Å². The van der Waals surface area contributed by atoms with E-state index in [1.165, 1.54) is 17.3 Å². The standard InChI is InChI=1S/C25H27ClF3N7O/c1-24(2,3)20-18(26)6-7-19(34-20)35-21-17(22(37)32-13-25(27,28)29)12-31-23(36-21)33-16-5-4-15-11-30-9-8-14(15)10-16/h4-7,10,12,30H,8-9,11,13H2,1-3H3,(H,32,37)(H2,31,33,34,35,36). The molecule has 12 heteroatoms. The second kappa shape index (κ2) is 10.5. The number of nitrogens with one attached hydrogen (secondary N) is 4. The van der Waals surface area contributed by atoms with Gasteiger partial charge in [0.05, 0.1) is 10.7 Å². The minimum atomic E-state index is -4.56. The molecule has 2 aromatic heterocycles. The number of nitrogens with zero attached hydrogens (tertiary/aromatic N) is 3. The summed E-state index contributed by atoms with van der Waals surface area (Å²) in [7, 11) is 0. The summed E-state index contributed by atoms with van der Waals surface area (Å²) in [6, 6.07) is 9.16. The SMILES string of the molecule is CC(C)(C)c1nc(Nc2nc(Nc3ccc4c(c3)CCNC4)ncc2C(=O)NCC(F)(F)F)ccc1Cl. The molecular weight excluding hydrogens is 507 g/mol. The van der Waals surface area contributed by atoms with Gasteiger partial charge >= 0.3 is 6.18 Å². The predicted octanol–water partition coefficient (Wildman–Crippen LogP) is 5.25. The number of hydrogen-bond donors (Lipinski definition) is 4. The molecule has 1 aliphatic rings. The van der Waals surface area contributed by atoms with Crippen LogP contribution in [0.15, 0.2) is 36.5 Å². The lowest BCUT2D eigenvalue weighted by atomic mass is 9.91. The van der Waals surface area contributed by atoms with E-state index in [-0.39, 0.29) is 22.7 Å². The van der Waals surface area contributed by atoms with Crippen molar-refractivity contribution in [2.75, 3.05) is 23.7 Å². The third-order valence-corrected chi connectivity index (χ3v) is 5.94. The average Bonchev–Trinajstić information content (AvgIpc) is 2.83. The monoisotopic (exact) mass is 533 g/mol. The van der Waals surface area contributed by atoms with E-state index in [1.54, 1.807) is 12.1 Å². The first kappa shape index (κ1) is 26.6. The highest BCUT2D eigenvalue weighted by Crippen LogP contribution is 2.30. The van der Waals surface area contributed by atoms with Crippen molar-refractivity contribution in [3.8, 4) is 0 Å². The van der Waals surface area contributed by atoms with Crippen LogP contribution in [0, 0.1) is 0 Å². The van der Waals surface area contributed by atoms with Crippen LogP contribution < -0.4 is 21.3 Å². The first-order valence-electron chi connectivity index (χ1n) is 11.6. The summed E-state index contributed by atoms with van der Waals surface area (Å²) in [5.41, 5.74) is 3.23. The molecule has 0 fully saturated rings. The van der Waals surface area contributed by atoms with Gasteiger partial charge < -0.3 is 21.3 Å². The van der Waals surface area contributed by atoms with Crippen molar-refractivity contribution < 1.29 is 18.0 Å². The number of fused-ring (bicyclic) bond motifs is 1. The molecule has 0 saturated heterocycles. The number of carbonyl (C=O) groups is 1. The number of alkyl halides is 3. The zero-order chi connectivity index (χ0) is 26.8. The Morgan fingerprint density at radius 2 is 1.86 bits per heavy atom. The highest BCUT2D eigenvalue weighted by atomic mass is 35.5. The van der Waals surface area contributed by atoms with E-state index in [2.05, 4.69) is 30.9 Å². The Kier molecular flexibility index (Phi) is 7.56. The first-order chi connectivity index (χ1) is 17.4. The molecule has 1 aliphatic heterocycles. The van der Waals surface area contributed by atoms with Gasteiger partial charge in [-0.05, 0) is 48.4 Å². The van der Waals surface area contributed by atoms with E-state index in [9.17, 15) is 18.0 Å². The predicted molar refractivity (Wildman–Crippen MR) is 137 cm³/mol. The van der Waals surface area contributed by atoms with Crippen LogP contribution in [0.1, 0.15) is 48.0 Å². The summed E-state index contributed by atoms with van der Waals surface area (Å²) in [6.45, 7) is 6.04. The van der Waals surface area contributed by atoms with Crippen LogP contribution in [0.5, 0.6) is 0 Å². The molecule has 37 heavy (non-hydrogen) atoms. The molecule has 0 spiro atoms. The van der Waals surface area contributed by atoms with Crippen LogP contribution in [-0.2, 0) is 18.4 Å². The van der Waals surface area contributed by atoms with Crippen molar-refractivity contribution in [1.29, 1.82) is 0 Å². The molecule has 0 radical (unpaired) electrons. The first-order valence-corrected chi connectivity index (χ1v) is 12.0. The maximum atomic E-state index is 12.7. The highest BCUT2D eigenvalue weighted by Gasteiger charge is 2.29. The Morgan fingerprint density at radius 3 is 2.59 bits per heavy atom. The summed E-state index contributed by atoms with van der Waals surface area (Å²) in [5.74, 6) is -0.495. The van der Waals surface area contributed by atoms with Gasteiger partial charge in [-0.3, -0.25) is 4.79 Å². The Hall–Kier alpha value is -3.44. The summed E-state index contributed by atoms with van der Waals surface area (Å²) in [4.78, 5) is 25.7. The number of halogens is 4. The Balaban J connectivity index is 1.66. The van der Waals surface area contributed by atoms with Crippen LogP contribution in [-0.4, -0.2) is 40.1 Å². The normalized spacial score (nSPS) is 13.6. The third-order valence-electron chi connectivity index (χ3n) is 5.63. The van der Waals surface area contributed by atoms with Crippen molar-refractivity contribution in [3.05, 3.63) is 63.9 Å². The lowest BCUT2D eigenvalue weighted by Gasteiger charge is -2.20. The number of amides is 1. The molecule has 0 aliphatic carbocycles. The van der Waals surface area contributed by atoms with Crippen molar-refractivity contribution in [3.63, 3.8) is 0 Å². The number of hydrogen-bond acceptors (Lipinski definition) is 7. The fourth-order valence-corrected chi connectivity index (χ4v) is 4.21. The topological polar surface area (TPSA) is 104 Å². The summed E-state index contributed by atoms with van der Waals surface area (Å²) < 4.78 is 38.1. The number of aromatic nitrogens is 3. The number of benzene rings is 1. The minimum Gasteiger partial charge on any atom is -0.343 e. The molecule has 1 aromatic carbocycles. The van der Waals surface area contributed by atoms with E-state index in [0.717, 1.165) is 25.2 Å². The number of carbonyl (C=O) groups excluding carboxylic acids is 1. The van der Waals surface area contributed by atoms with Crippen molar-refractivity contribution in [2.24, 2.45) is 0 Å². The van der Waals surface area contributed by atoms with Gasteiger partial charge in [-0.1, -0.05) is 38.4 Å². The van der Waals surface area contributed by atoms with Crippen molar-refractivity contribution in [2.45, 2.75) is 45.3 Å². The third kappa shape index (κ3) is 6.86. The van der Waals surface area contributed by atoms with E-state index in [4.69, 9.17) is 11.6 Å². The van der Waals surface area contributed by atoms with Gasteiger partial charge in [-0.15, -0.1) is 0 Å². The smallest absolute Gasteiger partial charge is 0.343 e. The lowest BCUT2D eigenvalue weighted by Crippen LogP contribution is -2.34. The van der Waals surface area contributed by atoms with Gasteiger partial charge in [0, 0.05) is 23.8 Å². The number of anilines is 4. The summed E-state index contributed by atoms with van der Waals surface area (Å²) >= 11 is 6.31. The molecule has 8 nitrogen and oxygen atoms in total. The second-order valence-electron chi connectivity index (χ2n) is 9.69. The molecule has 3 heterocycles. The molecule has 1 amide bonds. The Labute approximate surface area is 217 Å². The van der Waals surface area contributed by atoms with Crippen LogP contribution >= 0.6 is 11.6 Å². The minimum absolute atomic E-state index is 0.00554. The number of pyridine rings is 1. The molecular formula is C25H27ClF3N7O. The zero-order valence-corrected chi connectivity index (χ0v) is 21.3. The quantitative estimate of drug-likeness (QED) is 0.343. The number of rotatable bonds is 6. The van der Waals surface area contributed by atoms with E-state index < -0.39 is 18.6 Å². The Morgan fingerprint density at radius 1 is 1.08 bits per heavy atom. The van der Waals surface area contributed by atoms with Gasteiger partial charge in [0.1, 0.15) is 23.7 Å². The van der Waals surface area contributed by atoms with Gasteiger partial charge in [0.25, 0.3) is 5.91 Å².